The van der Waals surface area contributed by atoms with Gasteiger partial charge in [0.2, 0.25) is 5.91 Å². The predicted octanol–water partition coefficient (Wildman–Crippen LogP) is 3.72. The summed E-state index contributed by atoms with van der Waals surface area (Å²) in [7, 11) is 1.56. The molecule has 0 spiro atoms. The van der Waals surface area contributed by atoms with E-state index in [2.05, 4.69) is 15.8 Å². The van der Waals surface area contributed by atoms with Crippen molar-refractivity contribution in [1.82, 2.24) is 20.7 Å². The summed E-state index contributed by atoms with van der Waals surface area (Å²) in [5, 5.41) is 9.96. The second-order valence-electron chi connectivity index (χ2n) is 11.6. The average Bonchev–Trinajstić information content (AvgIpc) is 3.47. The normalized spacial score (nSPS) is 18.5. The average molecular weight is 649 g/mol. The Morgan fingerprint density at radius 1 is 1.00 bits per heavy atom. The lowest BCUT2D eigenvalue weighted by Crippen LogP contribution is -2.46. The number of ether oxygens (including phenoxy) is 3. The summed E-state index contributed by atoms with van der Waals surface area (Å²) >= 11 is 0. The van der Waals surface area contributed by atoms with Crippen LogP contribution in [0, 0.1) is 12.3 Å². The zero-order valence-corrected chi connectivity index (χ0v) is 27.3. The molecule has 0 saturated carbocycles. The Labute approximate surface area is 275 Å². The fourth-order valence-corrected chi connectivity index (χ4v) is 5.54. The van der Waals surface area contributed by atoms with Crippen LogP contribution >= 0.6 is 0 Å². The van der Waals surface area contributed by atoms with Crippen molar-refractivity contribution in [3.63, 3.8) is 0 Å². The van der Waals surface area contributed by atoms with Crippen LogP contribution in [0.2, 0.25) is 0 Å². The maximum atomic E-state index is 13.9. The number of aromatic nitrogens is 1. The van der Waals surface area contributed by atoms with Crippen LogP contribution in [0.4, 0.5) is 0 Å². The second-order valence-corrected chi connectivity index (χ2v) is 11.6. The largest absolute Gasteiger partial charge is 0.484 e. The quantitative estimate of drug-likeness (QED) is 0.366. The molecule has 3 amide bonds. The van der Waals surface area contributed by atoms with E-state index in [1.54, 1.807) is 38.0 Å². The van der Waals surface area contributed by atoms with E-state index in [9.17, 15) is 19.2 Å². The van der Waals surface area contributed by atoms with Crippen molar-refractivity contribution in [3.05, 3.63) is 71.5 Å². The van der Waals surface area contributed by atoms with Gasteiger partial charge in [0.15, 0.2) is 6.61 Å². The number of esters is 1. The minimum absolute atomic E-state index is 0.0510. The number of hydrogen-bond donors (Lipinski definition) is 2. The Morgan fingerprint density at radius 2 is 1.74 bits per heavy atom. The number of carbonyl (C=O) groups excluding carboxylic acids is 4. The number of nitrogens with one attached hydrogen (secondary N) is 2. The van der Waals surface area contributed by atoms with Crippen molar-refractivity contribution in [2.75, 3.05) is 53.1 Å². The lowest BCUT2D eigenvalue weighted by molar-refractivity contribution is -0.156. The number of hydrogen-bond acceptors (Lipinski definition) is 9. The molecule has 252 valence electrons. The minimum atomic E-state index is -1.08. The molecule has 2 bridgehead atoms. The highest BCUT2D eigenvalue weighted by atomic mass is 16.5. The predicted molar refractivity (Wildman–Crippen MR) is 174 cm³/mol. The van der Waals surface area contributed by atoms with Gasteiger partial charge in [-0.1, -0.05) is 47.6 Å². The van der Waals surface area contributed by atoms with Gasteiger partial charge >= 0.3 is 5.97 Å². The summed E-state index contributed by atoms with van der Waals surface area (Å²) < 4.78 is 21.9. The molecule has 0 fully saturated rings. The van der Waals surface area contributed by atoms with Gasteiger partial charge in [-0.25, -0.2) is 0 Å². The van der Waals surface area contributed by atoms with Crippen LogP contribution in [0.1, 0.15) is 54.3 Å². The zero-order valence-electron chi connectivity index (χ0n) is 27.3. The van der Waals surface area contributed by atoms with Gasteiger partial charge in [0, 0.05) is 51.9 Å². The van der Waals surface area contributed by atoms with E-state index in [4.69, 9.17) is 18.7 Å². The van der Waals surface area contributed by atoms with Gasteiger partial charge in [-0.2, -0.15) is 0 Å². The molecule has 0 saturated heterocycles. The zero-order chi connectivity index (χ0) is 33.6. The van der Waals surface area contributed by atoms with Gasteiger partial charge in [0.1, 0.15) is 22.8 Å². The van der Waals surface area contributed by atoms with E-state index in [-0.39, 0.29) is 57.1 Å². The summed E-state index contributed by atoms with van der Waals surface area (Å²) in [6, 6.07) is 16.5. The van der Waals surface area contributed by atoms with Crippen LogP contribution in [-0.2, 0) is 30.3 Å². The van der Waals surface area contributed by atoms with Crippen molar-refractivity contribution < 1.29 is 37.9 Å². The molecule has 2 N–H and O–H groups in total. The number of carbonyl (C=O) groups is 4. The molecular weight excluding hydrogens is 604 g/mol. The highest BCUT2D eigenvalue weighted by Gasteiger charge is 2.40. The second kappa shape index (κ2) is 17.3. The Kier molecular flexibility index (Phi) is 12.9. The molecule has 2 aliphatic heterocycles. The molecular formula is C35H44N4O8. The molecule has 1 unspecified atom stereocenters. The van der Waals surface area contributed by atoms with E-state index in [1.807, 2.05) is 42.5 Å². The topological polar surface area (TPSA) is 149 Å². The SMILES string of the molecule is CCOC(=O)C1(CCOC)CNC(=O)CCCN(C(=O)c2c(-c3ccccc3)noc2C)CCCNC(=O)COc2ccc(cc2)C1. The lowest BCUT2D eigenvalue weighted by Gasteiger charge is -2.32. The number of benzene rings is 2. The van der Waals surface area contributed by atoms with E-state index < -0.39 is 11.4 Å². The fraction of sp³-hybridized carbons (Fsp3) is 0.457. The van der Waals surface area contributed by atoms with Crippen LogP contribution in [0.3, 0.4) is 0 Å². The number of amides is 3. The molecule has 1 aromatic heterocycles. The number of fused-ring (bicyclic) bond motifs is 17. The minimum Gasteiger partial charge on any atom is -0.484 e. The molecule has 0 aliphatic carbocycles. The maximum Gasteiger partial charge on any atom is 0.314 e. The molecule has 1 atom stereocenters. The Balaban J connectivity index is 1.57. The van der Waals surface area contributed by atoms with Crippen molar-refractivity contribution in [2.45, 2.75) is 46.0 Å². The Hall–Kier alpha value is -4.71. The fourth-order valence-electron chi connectivity index (χ4n) is 5.54. The first-order valence-electron chi connectivity index (χ1n) is 16.0. The molecule has 47 heavy (non-hydrogen) atoms. The summed E-state index contributed by atoms with van der Waals surface area (Å²) in [6.45, 7) is 4.73. The third kappa shape index (κ3) is 9.65. The lowest BCUT2D eigenvalue weighted by atomic mass is 9.78. The number of nitrogens with zero attached hydrogens (tertiary/aromatic N) is 2. The van der Waals surface area contributed by atoms with Crippen LogP contribution in [-0.4, -0.2) is 86.9 Å². The van der Waals surface area contributed by atoms with Gasteiger partial charge < -0.3 is 34.3 Å². The van der Waals surface area contributed by atoms with Crippen molar-refractivity contribution >= 4 is 23.7 Å². The third-order valence-corrected chi connectivity index (χ3v) is 8.12. The van der Waals surface area contributed by atoms with Gasteiger partial charge in [0.05, 0.1) is 12.0 Å². The van der Waals surface area contributed by atoms with E-state index in [0.717, 1.165) is 11.1 Å². The smallest absolute Gasteiger partial charge is 0.314 e. The standard InChI is InChI=1S/C35H44N4O8/c1-4-45-34(43)35(17-21-44-3)22-26-13-15-28(16-14-26)46-23-30(41)36-18-9-20-39(19-8-12-29(40)37-24-35)33(42)31-25(2)47-38-32(31)27-10-6-5-7-11-27/h5-7,10-11,13-16H,4,8-9,12,17-24H2,1-3H3,(H,36,41)(H,37,40). The van der Waals surface area contributed by atoms with Crippen LogP contribution < -0.4 is 15.4 Å². The van der Waals surface area contributed by atoms with Crippen molar-refractivity contribution in [3.8, 4) is 17.0 Å². The first-order valence-corrected chi connectivity index (χ1v) is 16.0. The molecule has 3 aromatic rings. The van der Waals surface area contributed by atoms with Gasteiger partial charge in [-0.3, -0.25) is 19.2 Å². The Bertz CT molecular complexity index is 1490. The van der Waals surface area contributed by atoms with E-state index in [1.165, 1.54) is 0 Å². The molecule has 3 heterocycles. The molecule has 5 rings (SSSR count). The molecule has 12 heteroatoms. The number of rotatable bonds is 7. The monoisotopic (exact) mass is 648 g/mol. The Morgan fingerprint density at radius 3 is 2.47 bits per heavy atom. The van der Waals surface area contributed by atoms with Gasteiger partial charge in [0.25, 0.3) is 11.8 Å². The van der Waals surface area contributed by atoms with Crippen molar-refractivity contribution in [1.29, 1.82) is 0 Å². The van der Waals surface area contributed by atoms with E-state index in [0.29, 0.717) is 61.5 Å². The van der Waals surface area contributed by atoms with Crippen LogP contribution in [0.25, 0.3) is 11.3 Å². The number of methoxy groups -OCH3 is 1. The third-order valence-electron chi connectivity index (χ3n) is 8.12. The van der Waals surface area contributed by atoms with Crippen molar-refractivity contribution in [2.24, 2.45) is 5.41 Å². The molecule has 2 aliphatic rings. The molecule has 0 radical (unpaired) electrons. The van der Waals surface area contributed by atoms with E-state index >= 15 is 0 Å². The summed E-state index contributed by atoms with van der Waals surface area (Å²) in [4.78, 5) is 54.7. The molecule has 12 nitrogen and oxygen atoms in total. The summed E-state index contributed by atoms with van der Waals surface area (Å²) in [5.41, 5.74) is 1.31. The van der Waals surface area contributed by atoms with Crippen LogP contribution in [0.5, 0.6) is 5.75 Å². The molecule has 2 aromatic carbocycles. The maximum absolute atomic E-state index is 13.9. The number of aryl methyl sites for hydroxylation is 1. The summed E-state index contributed by atoms with van der Waals surface area (Å²) in [5.74, 6) is -0.349. The van der Waals surface area contributed by atoms with Crippen LogP contribution in [0.15, 0.2) is 59.1 Å². The van der Waals surface area contributed by atoms with Gasteiger partial charge in [-0.15, -0.1) is 0 Å². The summed E-state index contributed by atoms with van der Waals surface area (Å²) in [6.07, 6.45) is 1.59. The highest BCUT2D eigenvalue weighted by Crippen LogP contribution is 2.31. The first-order chi connectivity index (χ1) is 22.8. The first kappa shape index (κ1) is 35.1. The van der Waals surface area contributed by atoms with Gasteiger partial charge in [-0.05, 0) is 57.2 Å². The highest BCUT2D eigenvalue weighted by molar-refractivity contribution is 6.00.